The van der Waals surface area contributed by atoms with Gasteiger partial charge in [0.05, 0.1) is 18.8 Å². The summed E-state index contributed by atoms with van der Waals surface area (Å²) in [5.74, 6) is -2.43. The van der Waals surface area contributed by atoms with Gasteiger partial charge in [-0.3, -0.25) is 24.1 Å². The summed E-state index contributed by atoms with van der Waals surface area (Å²) in [6, 6.07) is 13.4. The average molecular weight is 557 g/mol. The molecule has 0 aliphatic carbocycles. The van der Waals surface area contributed by atoms with Crippen LogP contribution in [0, 0.1) is 5.92 Å². The Labute approximate surface area is 227 Å². The Morgan fingerprint density at radius 3 is 2.45 bits per heavy atom. The number of hydrogen-bond donors (Lipinski definition) is 0. The molecule has 5 rings (SSSR count). The molecule has 3 aromatic rings. The van der Waals surface area contributed by atoms with E-state index >= 15 is 0 Å². The predicted octanol–water partition coefficient (Wildman–Crippen LogP) is 3.27. The van der Waals surface area contributed by atoms with Crippen LogP contribution < -0.4 is 0 Å². The normalized spacial score (nSPS) is 18.2. The number of carbonyl (C=O) groups excluding carboxylic acids is 3. The number of carbonyl (C=O) groups is 3. The van der Waals surface area contributed by atoms with Crippen molar-refractivity contribution < 1.29 is 32.3 Å². The van der Waals surface area contributed by atoms with Crippen molar-refractivity contribution in [3.8, 4) is 11.1 Å². The van der Waals surface area contributed by atoms with Gasteiger partial charge in [-0.2, -0.15) is 18.3 Å². The van der Waals surface area contributed by atoms with Crippen LogP contribution in [0.4, 0.5) is 18.0 Å². The van der Waals surface area contributed by atoms with E-state index in [0.717, 1.165) is 31.8 Å². The van der Waals surface area contributed by atoms with Gasteiger partial charge in [0.15, 0.2) is 0 Å². The number of hydrogen-bond acceptors (Lipinski definition) is 6. The lowest BCUT2D eigenvalue weighted by atomic mass is 10.0. The molecule has 1 aromatic heterocycles. The predicted molar refractivity (Wildman–Crippen MR) is 139 cm³/mol. The highest BCUT2D eigenvalue weighted by atomic mass is 19.4. The van der Waals surface area contributed by atoms with Crippen LogP contribution in [0.15, 0.2) is 53.7 Å². The Balaban J connectivity index is 1.41. The SMILES string of the molecule is COC(=O)N1CN=C(c2ccc(-c3ccc4c(cnn4C)c3)cc2)N(CC2CCN(C(=O)C(F)(F)F)C2)C(=O)C1. The Morgan fingerprint density at radius 2 is 1.75 bits per heavy atom. The largest absolute Gasteiger partial charge is 0.471 e. The second-order valence-electron chi connectivity index (χ2n) is 9.82. The number of halogens is 3. The highest BCUT2D eigenvalue weighted by Crippen LogP contribution is 2.28. The summed E-state index contributed by atoms with van der Waals surface area (Å²) in [7, 11) is 3.07. The van der Waals surface area contributed by atoms with E-state index in [1.165, 1.54) is 12.0 Å². The molecule has 2 aliphatic rings. The molecule has 40 heavy (non-hydrogen) atoms. The van der Waals surface area contributed by atoms with Crippen LogP contribution in [0.3, 0.4) is 0 Å². The number of benzene rings is 2. The first-order valence-corrected chi connectivity index (χ1v) is 12.6. The Morgan fingerprint density at radius 1 is 1.05 bits per heavy atom. The van der Waals surface area contributed by atoms with Crippen LogP contribution >= 0.6 is 0 Å². The van der Waals surface area contributed by atoms with Gasteiger partial charge in [-0.25, -0.2) is 9.79 Å². The third-order valence-corrected chi connectivity index (χ3v) is 7.19. The molecule has 1 saturated heterocycles. The number of aromatic nitrogens is 2. The summed E-state index contributed by atoms with van der Waals surface area (Å²) in [6.45, 7) is -0.574. The van der Waals surface area contributed by atoms with Crippen molar-refractivity contribution in [2.45, 2.75) is 12.6 Å². The first-order valence-electron chi connectivity index (χ1n) is 12.6. The summed E-state index contributed by atoms with van der Waals surface area (Å²) in [6.07, 6.45) is -3.59. The average Bonchev–Trinajstić information content (AvgIpc) is 3.52. The van der Waals surface area contributed by atoms with Gasteiger partial charge in [0.25, 0.3) is 0 Å². The van der Waals surface area contributed by atoms with Gasteiger partial charge in [0.2, 0.25) is 5.91 Å². The highest BCUT2D eigenvalue weighted by Gasteiger charge is 2.45. The van der Waals surface area contributed by atoms with Crippen LogP contribution in [0.25, 0.3) is 22.0 Å². The van der Waals surface area contributed by atoms with Crippen LogP contribution in [0.5, 0.6) is 0 Å². The summed E-state index contributed by atoms with van der Waals surface area (Å²) in [4.78, 5) is 45.1. The lowest BCUT2D eigenvalue weighted by Gasteiger charge is -2.26. The van der Waals surface area contributed by atoms with E-state index in [9.17, 15) is 27.6 Å². The minimum absolute atomic E-state index is 0.0493. The van der Waals surface area contributed by atoms with E-state index in [0.29, 0.717) is 17.8 Å². The number of likely N-dealkylation sites (tertiary alicyclic amines) is 1. The molecule has 3 amide bonds. The molecule has 1 atom stereocenters. The van der Waals surface area contributed by atoms with Crippen molar-refractivity contribution in [1.29, 1.82) is 0 Å². The number of methoxy groups -OCH3 is 1. The van der Waals surface area contributed by atoms with Crippen molar-refractivity contribution in [3.63, 3.8) is 0 Å². The van der Waals surface area contributed by atoms with Gasteiger partial charge >= 0.3 is 18.2 Å². The maximum atomic E-state index is 13.3. The third kappa shape index (κ3) is 5.36. The fourth-order valence-electron chi connectivity index (χ4n) is 5.10. The molecule has 2 aliphatic heterocycles. The standard InChI is InChI=1S/C27H27F3N6O4/c1-33-22-8-7-20(11-21(22)12-32-33)18-3-5-19(6-4-18)24-31-16-35(26(39)40-2)15-23(37)36(24)14-17-9-10-34(13-17)25(38)27(28,29)30/h3-8,11-12,17H,9-10,13-16H2,1-2H3. The summed E-state index contributed by atoms with van der Waals surface area (Å²) < 4.78 is 45.4. The molecule has 0 bridgehead atoms. The van der Waals surface area contributed by atoms with Crippen LogP contribution in [0.2, 0.25) is 0 Å². The third-order valence-electron chi connectivity index (χ3n) is 7.19. The number of aryl methyl sites for hydroxylation is 1. The maximum Gasteiger partial charge on any atom is 0.471 e. The fourth-order valence-corrected chi connectivity index (χ4v) is 5.10. The van der Waals surface area contributed by atoms with Gasteiger partial charge in [0.1, 0.15) is 19.0 Å². The Bertz CT molecular complexity index is 1480. The summed E-state index contributed by atoms with van der Waals surface area (Å²) >= 11 is 0. The minimum atomic E-state index is -4.95. The first kappa shape index (κ1) is 27.2. The Hall–Kier alpha value is -4.42. The summed E-state index contributed by atoms with van der Waals surface area (Å²) in [5.41, 5.74) is 3.50. The number of nitrogens with zero attached hydrogens (tertiary/aromatic N) is 6. The lowest BCUT2D eigenvalue weighted by molar-refractivity contribution is -0.184. The molecule has 1 unspecified atom stereocenters. The number of alkyl halides is 3. The molecule has 3 heterocycles. The molecular formula is C27H27F3N6O4. The first-order chi connectivity index (χ1) is 19.0. The zero-order chi connectivity index (χ0) is 28.6. The monoisotopic (exact) mass is 556 g/mol. The molecule has 210 valence electrons. The van der Waals surface area contributed by atoms with Gasteiger partial charge in [-0.05, 0) is 35.6 Å². The summed E-state index contributed by atoms with van der Waals surface area (Å²) in [5, 5.41) is 5.26. The van der Waals surface area contributed by atoms with Crippen LogP contribution in [-0.4, -0.2) is 94.4 Å². The molecule has 0 saturated carbocycles. The zero-order valence-corrected chi connectivity index (χ0v) is 21.9. The smallest absolute Gasteiger partial charge is 0.453 e. The molecule has 0 N–H and O–H groups in total. The maximum absolute atomic E-state index is 13.3. The van der Waals surface area contributed by atoms with Gasteiger partial charge in [0, 0.05) is 37.6 Å². The molecule has 2 aromatic carbocycles. The van der Waals surface area contributed by atoms with E-state index < -0.39 is 30.0 Å². The number of aliphatic imine (C=N–C) groups is 1. The number of rotatable bonds is 4. The van der Waals surface area contributed by atoms with Gasteiger partial charge in [-0.15, -0.1) is 0 Å². The van der Waals surface area contributed by atoms with Crippen molar-refractivity contribution in [2.24, 2.45) is 18.0 Å². The van der Waals surface area contributed by atoms with E-state index in [2.05, 4.69) is 10.1 Å². The van der Waals surface area contributed by atoms with E-state index in [1.807, 2.05) is 49.5 Å². The topological polar surface area (TPSA) is 100 Å². The molecule has 0 spiro atoms. The van der Waals surface area contributed by atoms with Crippen molar-refractivity contribution >= 4 is 34.6 Å². The van der Waals surface area contributed by atoms with Gasteiger partial charge in [-0.1, -0.05) is 30.3 Å². The van der Waals surface area contributed by atoms with Crippen LogP contribution in [0.1, 0.15) is 12.0 Å². The number of amides is 3. The molecule has 13 heteroatoms. The lowest BCUT2D eigenvalue weighted by Crippen LogP contribution is -2.45. The van der Waals surface area contributed by atoms with E-state index in [4.69, 9.17) is 4.74 Å². The number of fused-ring (bicyclic) bond motifs is 1. The minimum Gasteiger partial charge on any atom is -0.453 e. The second kappa shape index (κ2) is 10.6. The van der Waals surface area contributed by atoms with Crippen molar-refractivity contribution in [1.82, 2.24) is 24.5 Å². The van der Waals surface area contributed by atoms with Crippen molar-refractivity contribution in [3.05, 3.63) is 54.2 Å². The zero-order valence-electron chi connectivity index (χ0n) is 21.9. The molecule has 10 nitrogen and oxygen atoms in total. The number of ether oxygens (including phenoxy) is 1. The fraction of sp³-hybridized carbons (Fsp3) is 0.370. The van der Waals surface area contributed by atoms with E-state index in [-0.39, 0.29) is 32.8 Å². The van der Waals surface area contributed by atoms with Crippen molar-refractivity contribution in [2.75, 3.05) is 40.0 Å². The molecule has 1 fully saturated rings. The molecular weight excluding hydrogens is 529 g/mol. The van der Waals surface area contributed by atoms with Gasteiger partial charge < -0.3 is 9.64 Å². The second-order valence-corrected chi connectivity index (χ2v) is 9.82. The van der Waals surface area contributed by atoms with Crippen LogP contribution in [-0.2, 0) is 21.4 Å². The highest BCUT2D eigenvalue weighted by molar-refractivity contribution is 6.09. The Kier molecular flexibility index (Phi) is 7.21. The quantitative estimate of drug-likeness (QED) is 0.491. The molecule has 0 radical (unpaired) electrons. The van der Waals surface area contributed by atoms with E-state index in [1.54, 1.807) is 10.9 Å². The number of amidine groups is 1.